The van der Waals surface area contributed by atoms with Crippen LogP contribution in [0.2, 0.25) is 0 Å². The predicted octanol–water partition coefficient (Wildman–Crippen LogP) is 6.58. The highest BCUT2D eigenvalue weighted by Gasteiger charge is 2.26. The molecule has 1 unspecified atom stereocenters. The number of amides is 1. The van der Waals surface area contributed by atoms with Gasteiger partial charge in [0.05, 0.1) is 5.69 Å². The molecule has 7 heteroatoms. The van der Waals surface area contributed by atoms with Crippen molar-refractivity contribution in [3.63, 3.8) is 0 Å². The van der Waals surface area contributed by atoms with Crippen molar-refractivity contribution in [1.29, 1.82) is 5.41 Å². The van der Waals surface area contributed by atoms with Crippen molar-refractivity contribution >= 4 is 29.2 Å². The highest BCUT2D eigenvalue weighted by molar-refractivity contribution is 6.07. The summed E-state index contributed by atoms with van der Waals surface area (Å²) in [5.74, 6) is 1.88. The van der Waals surface area contributed by atoms with Crippen LogP contribution in [0.25, 0.3) is 5.57 Å². The van der Waals surface area contributed by atoms with Crippen LogP contribution in [-0.2, 0) is 4.79 Å². The number of piperidine rings is 1. The average Bonchev–Trinajstić information content (AvgIpc) is 2.84. The minimum absolute atomic E-state index is 0.0242. The van der Waals surface area contributed by atoms with Gasteiger partial charge in [0.15, 0.2) is 0 Å². The lowest BCUT2D eigenvalue weighted by atomic mass is 9.96. The maximum atomic E-state index is 13.6. The zero-order valence-electron chi connectivity index (χ0n) is 21.1. The number of likely N-dealkylation sites (tertiary alicyclic amines) is 1. The number of carbonyl (C=O) groups is 1. The van der Waals surface area contributed by atoms with Crippen molar-refractivity contribution in [3.05, 3.63) is 53.7 Å². The van der Waals surface area contributed by atoms with Gasteiger partial charge in [-0.05, 0) is 43.9 Å². The van der Waals surface area contributed by atoms with Crippen LogP contribution in [0.4, 0.5) is 15.9 Å². The number of rotatable bonds is 7. The van der Waals surface area contributed by atoms with Gasteiger partial charge in [0.25, 0.3) is 0 Å². The molecule has 2 aromatic rings. The Morgan fingerprint density at radius 3 is 2.62 bits per heavy atom. The van der Waals surface area contributed by atoms with Crippen LogP contribution in [0.15, 0.2) is 36.4 Å². The van der Waals surface area contributed by atoms with Gasteiger partial charge in [-0.1, -0.05) is 46.3 Å². The first kappa shape index (κ1) is 27.2. The van der Waals surface area contributed by atoms with Gasteiger partial charge in [0, 0.05) is 49.0 Å². The standard InChI is InChI=1S/C22H26FN5O.C5H12/c1-3-15(13-24)19-12-20(25-18-9-5-8-17(23)11-18)27-22(26-19)16-7-6-10-28(14-16)21(29)4-2;1-4-5(2)3/h3,5,8-9,11-13,16,24H,4,6-7,10,14H2,1-2H3,(H,25,26,27);5H,4H2,1-3H3/b15-3+,24-13?;. The number of benzene rings is 1. The topological polar surface area (TPSA) is 82.0 Å². The van der Waals surface area contributed by atoms with Gasteiger partial charge in [-0.25, -0.2) is 14.4 Å². The summed E-state index contributed by atoms with van der Waals surface area (Å²) < 4.78 is 13.6. The normalized spacial score (nSPS) is 16.0. The number of aromatic nitrogens is 2. The minimum Gasteiger partial charge on any atom is -0.342 e. The van der Waals surface area contributed by atoms with Gasteiger partial charge < -0.3 is 15.6 Å². The fraction of sp³-hybridized carbons (Fsp3) is 0.481. The third-order valence-corrected chi connectivity index (χ3v) is 5.86. The minimum atomic E-state index is -0.334. The molecule has 1 saturated heterocycles. The second-order valence-corrected chi connectivity index (χ2v) is 8.85. The van der Waals surface area contributed by atoms with Gasteiger partial charge >= 0.3 is 0 Å². The van der Waals surface area contributed by atoms with E-state index in [-0.39, 0.29) is 17.6 Å². The van der Waals surface area contributed by atoms with Gasteiger partial charge in [-0.15, -0.1) is 0 Å². The number of allylic oxidation sites excluding steroid dienone is 2. The highest BCUT2D eigenvalue weighted by Crippen LogP contribution is 2.28. The molecule has 1 aromatic carbocycles. The molecule has 1 aliphatic heterocycles. The lowest BCUT2D eigenvalue weighted by Crippen LogP contribution is -2.39. The van der Waals surface area contributed by atoms with Gasteiger partial charge in [0.2, 0.25) is 5.91 Å². The summed E-state index contributed by atoms with van der Waals surface area (Å²) in [5, 5.41) is 10.8. The van der Waals surface area contributed by atoms with Crippen LogP contribution in [0.1, 0.15) is 77.7 Å². The van der Waals surface area contributed by atoms with Crippen LogP contribution in [0.3, 0.4) is 0 Å². The monoisotopic (exact) mass is 467 g/mol. The Hall–Kier alpha value is -3.09. The number of hydrogen-bond donors (Lipinski definition) is 2. The van der Waals surface area contributed by atoms with Crippen molar-refractivity contribution in [1.82, 2.24) is 14.9 Å². The molecule has 0 spiro atoms. The molecule has 0 saturated carbocycles. The van der Waals surface area contributed by atoms with Gasteiger partial charge in [-0.3, -0.25) is 4.79 Å². The molecule has 1 atom stereocenters. The number of halogens is 1. The molecule has 6 nitrogen and oxygen atoms in total. The van der Waals surface area contributed by atoms with E-state index in [9.17, 15) is 9.18 Å². The van der Waals surface area contributed by atoms with E-state index in [4.69, 9.17) is 10.4 Å². The molecule has 1 aromatic heterocycles. The van der Waals surface area contributed by atoms with E-state index >= 15 is 0 Å². The van der Waals surface area contributed by atoms with Crippen molar-refractivity contribution < 1.29 is 9.18 Å². The Kier molecular flexibility index (Phi) is 10.8. The van der Waals surface area contributed by atoms with E-state index in [0.29, 0.717) is 41.6 Å². The molecular weight excluding hydrogens is 429 g/mol. The van der Waals surface area contributed by atoms with Gasteiger partial charge in [0.1, 0.15) is 17.5 Å². The number of nitrogens with one attached hydrogen (secondary N) is 2. The lowest BCUT2D eigenvalue weighted by molar-refractivity contribution is -0.132. The third kappa shape index (κ3) is 8.04. The van der Waals surface area contributed by atoms with E-state index in [1.807, 2.05) is 24.8 Å². The maximum Gasteiger partial charge on any atom is 0.222 e. The van der Waals surface area contributed by atoms with E-state index in [1.165, 1.54) is 24.8 Å². The number of anilines is 2. The predicted molar refractivity (Wildman–Crippen MR) is 138 cm³/mol. The van der Waals surface area contributed by atoms with E-state index in [1.54, 1.807) is 18.2 Å². The van der Waals surface area contributed by atoms with Crippen molar-refractivity contribution in [2.45, 2.75) is 66.2 Å². The third-order valence-electron chi connectivity index (χ3n) is 5.86. The summed E-state index contributed by atoms with van der Waals surface area (Å²) in [4.78, 5) is 23.4. The summed E-state index contributed by atoms with van der Waals surface area (Å²) in [6.45, 7) is 11.7. The summed E-state index contributed by atoms with van der Waals surface area (Å²) in [5.41, 5.74) is 1.89. The van der Waals surface area contributed by atoms with Gasteiger partial charge in [-0.2, -0.15) is 0 Å². The molecule has 0 bridgehead atoms. The molecule has 0 radical (unpaired) electrons. The Balaban J connectivity index is 0.000000739. The summed E-state index contributed by atoms with van der Waals surface area (Å²) in [6.07, 6.45) is 6.66. The summed E-state index contributed by atoms with van der Waals surface area (Å²) >= 11 is 0. The Labute approximate surface area is 203 Å². The van der Waals surface area contributed by atoms with Crippen LogP contribution < -0.4 is 5.32 Å². The maximum absolute atomic E-state index is 13.6. The zero-order chi connectivity index (χ0) is 25.1. The fourth-order valence-electron chi connectivity index (χ4n) is 3.52. The molecule has 2 N–H and O–H groups in total. The largest absolute Gasteiger partial charge is 0.342 e. The number of carbonyl (C=O) groups excluding carboxylic acids is 1. The number of hydrogen-bond acceptors (Lipinski definition) is 5. The Bertz CT molecular complexity index is 989. The first-order valence-corrected chi connectivity index (χ1v) is 12.2. The zero-order valence-corrected chi connectivity index (χ0v) is 21.1. The van der Waals surface area contributed by atoms with Crippen LogP contribution in [-0.4, -0.2) is 40.1 Å². The van der Waals surface area contributed by atoms with Crippen LogP contribution in [0, 0.1) is 17.1 Å². The molecule has 2 heterocycles. The SMILES string of the molecule is C/C=C(\C=N)c1cc(Nc2cccc(F)c2)nc(C2CCCN(C(=O)CC)C2)n1.CCC(C)C. The van der Waals surface area contributed by atoms with Crippen molar-refractivity contribution in [2.24, 2.45) is 5.92 Å². The first-order valence-electron chi connectivity index (χ1n) is 12.2. The summed E-state index contributed by atoms with van der Waals surface area (Å²) in [6, 6.07) is 7.94. The van der Waals surface area contributed by atoms with E-state index < -0.39 is 0 Å². The fourth-order valence-corrected chi connectivity index (χ4v) is 3.52. The first-order chi connectivity index (χ1) is 16.3. The quantitative estimate of drug-likeness (QED) is 0.451. The number of nitrogens with zero attached hydrogens (tertiary/aromatic N) is 3. The van der Waals surface area contributed by atoms with Crippen molar-refractivity contribution in [3.8, 4) is 0 Å². The molecular formula is C27H38FN5O. The molecule has 184 valence electrons. The molecule has 0 aliphatic carbocycles. The van der Waals surface area contributed by atoms with E-state index in [0.717, 1.165) is 25.3 Å². The van der Waals surface area contributed by atoms with Crippen LogP contribution >= 0.6 is 0 Å². The lowest BCUT2D eigenvalue weighted by Gasteiger charge is -2.32. The second-order valence-electron chi connectivity index (χ2n) is 8.85. The highest BCUT2D eigenvalue weighted by atomic mass is 19.1. The van der Waals surface area contributed by atoms with Crippen LogP contribution in [0.5, 0.6) is 0 Å². The Morgan fingerprint density at radius 2 is 2.03 bits per heavy atom. The molecule has 1 amide bonds. The van der Waals surface area contributed by atoms with E-state index in [2.05, 4.69) is 31.1 Å². The second kappa shape index (κ2) is 13.6. The average molecular weight is 468 g/mol. The molecule has 1 fully saturated rings. The molecule has 3 rings (SSSR count). The summed E-state index contributed by atoms with van der Waals surface area (Å²) in [7, 11) is 0. The van der Waals surface area contributed by atoms with Crippen molar-refractivity contribution in [2.75, 3.05) is 18.4 Å². The molecule has 1 aliphatic rings. The molecule has 34 heavy (non-hydrogen) atoms. The smallest absolute Gasteiger partial charge is 0.222 e. The Morgan fingerprint density at radius 1 is 1.29 bits per heavy atom.